The summed E-state index contributed by atoms with van der Waals surface area (Å²) in [4.78, 5) is 19.5. The minimum Gasteiger partial charge on any atom is -0.369 e. The highest BCUT2D eigenvalue weighted by molar-refractivity contribution is 6.31. The molecule has 6 nitrogen and oxygen atoms in total. The van der Waals surface area contributed by atoms with Gasteiger partial charge in [0.15, 0.2) is 0 Å². The lowest BCUT2D eigenvalue weighted by molar-refractivity contribution is -0.119. The Hall–Kier alpha value is -2.36. The van der Waals surface area contributed by atoms with E-state index in [9.17, 15) is 10.1 Å². The van der Waals surface area contributed by atoms with E-state index in [4.69, 9.17) is 17.3 Å². The van der Waals surface area contributed by atoms with E-state index in [0.717, 1.165) is 29.7 Å². The van der Waals surface area contributed by atoms with Crippen LogP contribution in [-0.4, -0.2) is 48.5 Å². The second-order valence-electron chi connectivity index (χ2n) is 5.52. The molecular weight excluding hydrogens is 314 g/mol. The molecule has 1 amide bonds. The molecule has 2 heterocycles. The summed E-state index contributed by atoms with van der Waals surface area (Å²) in [5, 5.41) is 10.9. The van der Waals surface area contributed by atoms with Crippen molar-refractivity contribution in [1.82, 2.24) is 9.88 Å². The van der Waals surface area contributed by atoms with E-state index in [0.29, 0.717) is 23.7 Å². The SMILES string of the molecule is N#Cc1cnc2ccc(Cl)cc2c1N1CCN(CC(N)=O)CC1. The highest BCUT2D eigenvalue weighted by atomic mass is 35.5. The molecule has 7 heteroatoms. The lowest BCUT2D eigenvalue weighted by Crippen LogP contribution is -2.49. The van der Waals surface area contributed by atoms with E-state index in [1.807, 2.05) is 17.0 Å². The van der Waals surface area contributed by atoms with Gasteiger partial charge in [-0.15, -0.1) is 0 Å². The smallest absolute Gasteiger partial charge is 0.231 e. The number of carbonyl (C=O) groups is 1. The van der Waals surface area contributed by atoms with Crippen molar-refractivity contribution in [3.8, 4) is 6.07 Å². The first-order valence-corrected chi connectivity index (χ1v) is 7.70. The Labute approximate surface area is 139 Å². The number of hydrogen-bond donors (Lipinski definition) is 1. The highest BCUT2D eigenvalue weighted by Crippen LogP contribution is 2.31. The van der Waals surface area contributed by atoms with Crippen LogP contribution in [0.15, 0.2) is 24.4 Å². The molecule has 118 valence electrons. The maximum absolute atomic E-state index is 11.0. The molecule has 0 atom stereocenters. The molecule has 3 rings (SSSR count). The maximum Gasteiger partial charge on any atom is 0.231 e. The zero-order chi connectivity index (χ0) is 16.4. The minimum absolute atomic E-state index is 0.266. The standard InChI is InChI=1S/C16H16ClN5O/c17-12-1-2-14-13(7-12)16(11(8-18)9-20-14)22-5-3-21(4-6-22)10-15(19)23/h1-2,7,9H,3-6,10H2,(H2,19,23). The number of pyridine rings is 1. The molecule has 2 aromatic rings. The topological polar surface area (TPSA) is 86.2 Å². The van der Waals surface area contributed by atoms with Crippen molar-refractivity contribution in [2.45, 2.75) is 0 Å². The van der Waals surface area contributed by atoms with Crippen LogP contribution in [0, 0.1) is 11.3 Å². The van der Waals surface area contributed by atoms with E-state index in [-0.39, 0.29) is 12.5 Å². The molecule has 0 aliphatic carbocycles. The predicted octanol–water partition coefficient (Wildman–Crippen LogP) is 1.37. The van der Waals surface area contributed by atoms with Gasteiger partial charge in [-0.25, -0.2) is 0 Å². The van der Waals surface area contributed by atoms with Crippen LogP contribution in [0.1, 0.15) is 5.56 Å². The fourth-order valence-electron chi connectivity index (χ4n) is 2.92. The molecule has 2 N–H and O–H groups in total. The zero-order valence-electron chi connectivity index (χ0n) is 12.5. The summed E-state index contributed by atoms with van der Waals surface area (Å²) in [6, 6.07) is 7.70. The van der Waals surface area contributed by atoms with E-state index < -0.39 is 0 Å². The zero-order valence-corrected chi connectivity index (χ0v) is 13.3. The molecule has 23 heavy (non-hydrogen) atoms. The van der Waals surface area contributed by atoms with Gasteiger partial charge in [0.05, 0.1) is 23.3 Å². The van der Waals surface area contributed by atoms with Crippen LogP contribution >= 0.6 is 11.6 Å². The number of hydrogen-bond acceptors (Lipinski definition) is 5. The number of rotatable bonds is 3. The molecular formula is C16H16ClN5O. The van der Waals surface area contributed by atoms with Gasteiger partial charge in [-0.1, -0.05) is 11.6 Å². The van der Waals surface area contributed by atoms with Gasteiger partial charge in [-0.3, -0.25) is 14.7 Å². The van der Waals surface area contributed by atoms with E-state index in [1.165, 1.54) is 0 Å². The third-order valence-electron chi connectivity index (χ3n) is 3.99. The summed E-state index contributed by atoms with van der Waals surface area (Å²) in [5.74, 6) is -0.322. The first-order valence-electron chi connectivity index (χ1n) is 7.32. The molecule has 0 radical (unpaired) electrons. The van der Waals surface area contributed by atoms with Crippen molar-refractivity contribution >= 4 is 34.1 Å². The first-order chi connectivity index (χ1) is 11.1. The molecule has 1 aromatic heterocycles. The molecule has 1 aromatic carbocycles. The van der Waals surface area contributed by atoms with Gasteiger partial charge in [0.2, 0.25) is 5.91 Å². The summed E-state index contributed by atoms with van der Waals surface area (Å²) in [5.41, 5.74) is 7.44. The number of benzene rings is 1. The Morgan fingerprint density at radius 1 is 1.35 bits per heavy atom. The normalized spacial score (nSPS) is 15.6. The summed E-state index contributed by atoms with van der Waals surface area (Å²) in [6.07, 6.45) is 1.60. The summed E-state index contributed by atoms with van der Waals surface area (Å²) >= 11 is 6.12. The fourth-order valence-corrected chi connectivity index (χ4v) is 3.10. The lowest BCUT2D eigenvalue weighted by Gasteiger charge is -2.36. The van der Waals surface area contributed by atoms with Crippen LogP contribution in [0.2, 0.25) is 5.02 Å². The van der Waals surface area contributed by atoms with Crippen molar-refractivity contribution in [1.29, 1.82) is 5.26 Å². The highest BCUT2D eigenvalue weighted by Gasteiger charge is 2.22. The second kappa shape index (κ2) is 6.41. The quantitative estimate of drug-likeness (QED) is 0.919. The van der Waals surface area contributed by atoms with Crippen LogP contribution in [0.25, 0.3) is 10.9 Å². The van der Waals surface area contributed by atoms with Gasteiger partial charge in [0.1, 0.15) is 6.07 Å². The predicted molar refractivity (Wildman–Crippen MR) is 89.3 cm³/mol. The molecule has 1 aliphatic heterocycles. The van der Waals surface area contributed by atoms with Gasteiger partial charge in [-0.05, 0) is 18.2 Å². The second-order valence-corrected chi connectivity index (χ2v) is 5.96. The van der Waals surface area contributed by atoms with Crippen molar-refractivity contribution in [2.24, 2.45) is 5.73 Å². The maximum atomic E-state index is 11.0. The monoisotopic (exact) mass is 329 g/mol. The Kier molecular flexibility index (Phi) is 4.33. The number of primary amides is 1. The number of nitrogens with zero attached hydrogens (tertiary/aromatic N) is 4. The van der Waals surface area contributed by atoms with Crippen molar-refractivity contribution < 1.29 is 4.79 Å². The van der Waals surface area contributed by atoms with E-state index in [1.54, 1.807) is 12.3 Å². The van der Waals surface area contributed by atoms with Crippen molar-refractivity contribution in [3.63, 3.8) is 0 Å². The Balaban J connectivity index is 1.95. The number of halogens is 1. The number of nitriles is 1. The van der Waals surface area contributed by atoms with Crippen LogP contribution in [0.5, 0.6) is 0 Å². The van der Waals surface area contributed by atoms with Crippen LogP contribution in [0.3, 0.4) is 0 Å². The van der Waals surface area contributed by atoms with Crippen molar-refractivity contribution in [3.05, 3.63) is 35.0 Å². The first kappa shape index (κ1) is 15.5. The number of amides is 1. The van der Waals surface area contributed by atoms with Gasteiger partial charge in [0.25, 0.3) is 0 Å². The van der Waals surface area contributed by atoms with Gasteiger partial charge in [0, 0.05) is 42.8 Å². The number of carbonyl (C=O) groups excluding carboxylic acids is 1. The average Bonchev–Trinajstić information content (AvgIpc) is 2.54. The summed E-state index contributed by atoms with van der Waals surface area (Å²) in [6.45, 7) is 3.14. The molecule has 1 aliphatic rings. The molecule has 1 saturated heterocycles. The Bertz CT molecular complexity index is 793. The molecule has 0 unspecified atom stereocenters. The molecule has 0 bridgehead atoms. The third-order valence-corrected chi connectivity index (χ3v) is 4.23. The van der Waals surface area contributed by atoms with Gasteiger partial charge < -0.3 is 10.6 Å². The minimum atomic E-state index is -0.322. The average molecular weight is 330 g/mol. The lowest BCUT2D eigenvalue weighted by atomic mass is 10.1. The number of aromatic nitrogens is 1. The van der Waals surface area contributed by atoms with Crippen LogP contribution in [0.4, 0.5) is 5.69 Å². The summed E-state index contributed by atoms with van der Waals surface area (Å²) in [7, 11) is 0. The Morgan fingerprint density at radius 3 is 2.74 bits per heavy atom. The molecule has 1 fully saturated rings. The van der Waals surface area contributed by atoms with Gasteiger partial charge in [-0.2, -0.15) is 5.26 Å². The third kappa shape index (κ3) is 3.21. The van der Waals surface area contributed by atoms with E-state index in [2.05, 4.69) is 16.0 Å². The number of anilines is 1. The fraction of sp³-hybridized carbons (Fsp3) is 0.312. The van der Waals surface area contributed by atoms with Gasteiger partial charge >= 0.3 is 0 Å². The largest absolute Gasteiger partial charge is 0.369 e. The van der Waals surface area contributed by atoms with E-state index >= 15 is 0 Å². The Morgan fingerprint density at radius 2 is 2.09 bits per heavy atom. The van der Waals surface area contributed by atoms with Crippen LogP contribution in [-0.2, 0) is 4.79 Å². The number of nitrogens with two attached hydrogens (primary N) is 1. The number of fused-ring (bicyclic) bond motifs is 1. The van der Waals surface area contributed by atoms with Crippen LogP contribution < -0.4 is 10.6 Å². The number of piperazine rings is 1. The van der Waals surface area contributed by atoms with Crippen molar-refractivity contribution in [2.75, 3.05) is 37.6 Å². The molecule has 0 spiro atoms. The molecule has 0 saturated carbocycles. The summed E-state index contributed by atoms with van der Waals surface area (Å²) < 4.78 is 0.